The third-order valence-corrected chi connectivity index (χ3v) is 8.05. The molecule has 3 aromatic rings. The van der Waals surface area contributed by atoms with Crippen LogP contribution in [0.25, 0.3) is 0 Å². The van der Waals surface area contributed by atoms with Gasteiger partial charge in [-0.1, -0.05) is 77.9 Å². The van der Waals surface area contributed by atoms with Crippen molar-refractivity contribution >= 4 is 23.2 Å². The first-order valence-corrected chi connectivity index (χ1v) is 14.9. The molecule has 1 aliphatic rings. The Hall–Kier alpha value is -3.67. The Labute approximate surface area is 251 Å². The fourth-order valence-electron chi connectivity index (χ4n) is 5.98. The SMILES string of the molecule is Cc1cccc(F)c1C(=O)N1CCC[C@H](C(=O)Nc2cccc(C(C)(C)C)c2)[C@@H]1c1ccc(N(C)CC(C)(C)C)cc1. The Morgan fingerprint density at radius 3 is 2.26 bits per heavy atom. The average molecular weight is 572 g/mol. The molecule has 224 valence electrons. The molecule has 2 amide bonds. The maximum absolute atomic E-state index is 15.0. The molecule has 0 radical (unpaired) electrons. The maximum Gasteiger partial charge on any atom is 0.257 e. The van der Waals surface area contributed by atoms with Crippen LogP contribution in [0.15, 0.2) is 66.7 Å². The van der Waals surface area contributed by atoms with E-state index in [0.717, 1.165) is 29.0 Å². The standard InChI is InChI=1S/C36H46FN3O2/c1-24-12-9-16-30(37)31(24)34(42)40-21-11-15-29(33(41)38-27-14-10-13-26(22-27)36(5,6)7)32(40)25-17-19-28(20-18-25)39(8)23-35(2,3)4/h9-10,12-14,16-20,22,29,32H,11,15,21,23H2,1-8H3,(H,38,41)/t29-,32-/m0/s1. The van der Waals surface area contributed by atoms with Gasteiger partial charge in [0.1, 0.15) is 5.82 Å². The molecule has 0 aliphatic carbocycles. The van der Waals surface area contributed by atoms with Crippen LogP contribution in [0, 0.1) is 24.1 Å². The summed E-state index contributed by atoms with van der Waals surface area (Å²) in [5, 5.41) is 3.14. The second-order valence-corrected chi connectivity index (χ2v) is 14.0. The van der Waals surface area contributed by atoms with Crippen LogP contribution < -0.4 is 10.2 Å². The zero-order valence-corrected chi connectivity index (χ0v) is 26.4. The van der Waals surface area contributed by atoms with Crippen molar-refractivity contribution in [2.75, 3.05) is 30.4 Å². The van der Waals surface area contributed by atoms with Gasteiger partial charge in [0.25, 0.3) is 5.91 Å². The van der Waals surface area contributed by atoms with Crippen molar-refractivity contribution in [2.24, 2.45) is 11.3 Å². The number of aryl methyl sites for hydroxylation is 1. The Kier molecular flexibility index (Phi) is 9.15. The Morgan fingerprint density at radius 2 is 1.64 bits per heavy atom. The number of hydrogen-bond acceptors (Lipinski definition) is 3. The van der Waals surface area contributed by atoms with Gasteiger partial charge in [0.05, 0.1) is 17.5 Å². The van der Waals surface area contributed by atoms with E-state index in [1.807, 2.05) is 30.3 Å². The van der Waals surface area contributed by atoms with Gasteiger partial charge in [0, 0.05) is 31.5 Å². The highest BCUT2D eigenvalue weighted by molar-refractivity contribution is 5.98. The minimum Gasteiger partial charge on any atom is -0.374 e. The van der Waals surface area contributed by atoms with E-state index in [9.17, 15) is 9.59 Å². The van der Waals surface area contributed by atoms with Gasteiger partial charge in [-0.05, 0) is 77.6 Å². The number of amides is 2. The van der Waals surface area contributed by atoms with Gasteiger partial charge in [-0.3, -0.25) is 9.59 Å². The van der Waals surface area contributed by atoms with Crippen LogP contribution in [0.5, 0.6) is 0 Å². The number of carbonyl (C=O) groups is 2. The zero-order valence-electron chi connectivity index (χ0n) is 26.4. The first-order chi connectivity index (χ1) is 19.7. The van der Waals surface area contributed by atoms with E-state index in [1.54, 1.807) is 24.0 Å². The summed E-state index contributed by atoms with van der Waals surface area (Å²) in [7, 11) is 2.07. The van der Waals surface area contributed by atoms with Crippen LogP contribution >= 0.6 is 0 Å². The van der Waals surface area contributed by atoms with Crippen molar-refractivity contribution in [3.63, 3.8) is 0 Å². The number of nitrogens with zero attached hydrogens (tertiary/aromatic N) is 2. The molecule has 1 saturated heterocycles. The van der Waals surface area contributed by atoms with Gasteiger partial charge in [0.15, 0.2) is 0 Å². The second kappa shape index (κ2) is 12.3. The molecule has 3 aromatic carbocycles. The molecule has 0 aromatic heterocycles. The lowest BCUT2D eigenvalue weighted by Crippen LogP contribution is -2.46. The lowest BCUT2D eigenvalue weighted by atomic mass is 9.83. The molecule has 0 bridgehead atoms. The number of anilines is 2. The quantitative estimate of drug-likeness (QED) is 0.325. The summed E-state index contributed by atoms with van der Waals surface area (Å²) in [6.45, 7) is 16.1. The maximum atomic E-state index is 15.0. The molecule has 42 heavy (non-hydrogen) atoms. The van der Waals surface area contributed by atoms with E-state index >= 15 is 4.39 Å². The predicted octanol–water partition coefficient (Wildman–Crippen LogP) is 8.15. The number of halogens is 1. The van der Waals surface area contributed by atoms with Gasteiger partial charge >= 0.3 is 0 Å². The highest BCUT2D eigenvalue weighted by Gasteiger charge is 2.40. The summed E-state index contributed by atoms with van der Waals surface area (Å²) in [5.74, 6) is -1.55. The van der Waals surface area contributed by atoms with Crippen molar-refractivity contribution in [3.8, 4) is 0 Å². The predicted molar refractivity (Wildman–Crippen MR) is 171 cm³/mol. The third-order valence-electron chi connectivity index (χ3n) is 8.05. The molecule has 1 heterocycles. The van der Waals surface area contributed by atoms with Crippen molar-refractivity contribution in [1.82, 2.24) is 4.90 Å². The molecule has 4 rings (SSSR count). The van der Waals surface area contributed by atoms with E-state index in [1.165, 1.54) is 6.07 Å². The van der Waals surface area contributed by atoms with Gasteiger partial charge in [0.2, 0.25) is 5.91 Å². The van der Waals surface area contributed by atoms with Crippen molar-refractivity contribution in [2.45, 2.75) is 72.8 Å². The molecular formula is C36H46FN3O2. The van der Waals surface area contributed by atoms with Crippen molar-refractivity contribution in [3.05, 3.63) is 94.8 Å². The number of piperidine rings is 1. The Morgan fingerprint density at radius 1 is 0.976 bits per heavy atom. The van der Waals surface area contributed by atoms with Gasteiger partial charge in [-0.15, -0.1) is 0 Å². The number of benzene rings is 3. The summed E-state index contributed by atoms with van der Waals surface area (Å²) in [6.07, 6.45) is 1.28. The van der Waals surface area contributed by atoms with E-state index in [0.29, 0.717) is 24.9 Å². The lowest BCUT2D eigenvalue weighted by molar-refractivity contribution is -0.123. The normalized spacial score (nSPS) is 17.6. The van der Waals surface area contributed by atoms with Gasteiger partial charge in [-0.25, -0.2) is 4.39 Å². The van der Waals surface area contributed by atoms with E-state index in [4.69, 9.17) is 0 Å². The highest BCUT2D eigenvalue weighted by Crippen LogP contribution is 2.39. The summed E-state index contributed by atoms with van der Waals surface area (Å²) in [4.78, 5) is 31.9. The summed E-state index contributed by atoms with van der Waals surface area (Å²) in [6, 6.07) is 20.2. The van der Waals surface area contributed by atoms with Crippen LogP contribution in [0.3, 0.4) is 0 Å². The third kappa shape index (κ3) is 7.21. The zero-order chi connectivity index (χ0) is 30.8. The van der Waals surface area contributed by atoms with Gasteiger partial charge < -0.3 is 15.1 Å². The molecule has 1 fully saturated rings. The van der Waals surface area contributed by atoms with Crippen LogP contribution in [0.4, 0.5) is 15.8 Å². The number of carbonyl (C=O) groups excluding carboxylic acids is 2. The van der Waals surface area contributed by atoms with Crippen LogP contribution in [-0.4, -0.2) is 36.9 Å². The Bertz CT molecular complexity index is 1400. The van der Waals surface area contributed by atoms with E-state index in [-0.39, 0.29) is 28.2 Å². The largest absolute Gasteiger partial charge is 0.374 e. The van der Waals surface area contributed by atoms with Gasteiger partial charge in [-0.2, -0.15) is 0 Å². The van der Waals surface area contributed by atoms with E-state index in [2.05, 4.69) is 77.0 Å². The smallest absolute Gasteiger partial charge is 0.257 e. The Balaban J connectivity index is 1.71. The molecule has 0 unspecified atom stereocenters. The summed E-state index contributed by atoms with van der Waals surface area (Å²) < 4.78 is 15.0. The molecule has 1 aliphatic heterocycles. The number of rotatable bonds is 6. The molecule has 5 nitrogen and oxygen atoms in total. The van der Waals surface area contributed by atoms with Crippen LogP contribution in [-0.2, 0) is 10.2 Å². The van der Waals surface area contributed by atoms with Crippen molar-refractivity contribution in [1.29, 1.82) is 0 Å². The monoisotopic (exact) mass is 571 g/mol. The first kappa shape index (κ1) is 31.3. The van der Waals surface area contributed by atoms with Crippen LogP contribution in [0.2, 0.25) is 0 Å². The number of likely N-dealkylation sites (tertiary alicyclic amines) is 1. The van der Waals surface area contributed by atoms with Crippen LogP contribution in [0.1, 0.15) is 87.5 Å². The molecule has 0 saturated carbocycles. The second-order valence-electron chi connectivity index (χ2n) is 14.0. The molecule has 6 heteroatoms. The fourth-order valence-corrected chi connectivity index (χ4v) is 5.98. The van der Waals surface area contributed by atoms with E-state index < -0.39 is 17.8 Å². The average Bonchev–Trinajstić information content (AvgIpc) is 2.91. The molecule has 2 atom stereocenters. The number of hydrogen-bond donors (Lipinski definition) is 1. The minimum absolute atomic E-state index is 0.0587. The first-order valence-electron chi connectivity index (χ1n) is 14.9. The minimum atomic E-state index is -0.538. The topological polar surface area (TPSA) is 52.7 Å². The summed E-state index contributed by atoms with van der Waals surface area (Å²) >= 11 is 0. The molecular weight excluding hydrogens is 525 g/mol. The number of nitrogens with one attached hydrogen (secondary N) is 1. The van der Waals surface area contributed by atoms with Crippen molar-refractivity contribution < 1.29 is 14.0 Å². The molecule has 1 N–H and O–H groups in total. The highest BCUT2D eigenvalue weighted by atomic mass is 19.1. The lowest BCUT2D eigenvalue weighted by Gasteiger charge is -2.41. The summed E-state index contributed by atoms with van der Waals surface area (Å²) in [5.41, 5.74) is 4.52. The molecule has 0 spiro atoms. The fraction of sp³-hybridized carbons (Fsp3) is 0.444.